The number of carbonyl (C=O) groups excluding carboxylic acids is 3. The van der Waals surface area contributed by atoms with Gasteiger partial charge in [-0.1, -0.05) is 54.9 Å². The Morgan fingerprint density at radius 2 is 1.82 bits per heavy atom. The lowest BCUT2D eigenvalue weighted by Crippen LogP contribution is -2.48. The molecule has 5 atom stereocenters. The van der Waals surface area contributed by atoms with Crippen molar-refractivity contribution in [1.82, 2.24) is 4.90 Å². The predicted molar refractivity (Wildman–Crippen MR) is 191 cm³/mol. The number of hydrogen-bond acceptors (Lipinski definition) is 6. The van der Waals surface area contributed by atoms with Crippen LogP contribution >= 0.6 is 11.6 Å². The summed E-state index contributed by atoms with van der Waals surface area (Å²) in [5.74, 6) is -0.784. The monoisotopic (exact) mass is 701 g/mol. The number of fused-ring (bicyclic) bond motifs is 3. The van der Waals surface area contributed by atoms with E-state index in [-0.39, 0.29) is 43.3 Å². The van der Waals surface area contributed by atoms with Gasteiger partial charge in [-0.3, -0.25) is 14.4 Å². The molecule has 0 bridgehead atoms. The van der Waals surface area contributed by atoms with Gasteiger partial charge >= 0.3 is 0 Å². The summed E-state index contributed by atoms with van der Waals surface area (Å²) in [7, 11) is -3.02. The van der Waals surface area contributed by atoms with Gasteiger partial charge in [0, 0.05) is 47.2 Å². The Bertz CT molecular complexity index is 1800. The van der Waals surface area contributed by atoms with E-state index in [9.17, 15) is 24.3 Å². The van der Waals surface area contributed by atoms with Crippen molar-refractivity contribution in [1.29, 1.82) is 0 Å². The van der Waals surface area contributed by atoms with Gasteiger partial charge in [0.25, 0.3) is 5.91 Å². The molecule has 2 saturated heterocycles. The molecule has 49 heavy (non-hydrogen) atoms. The van der Waals surface area contributed by atoms with E-state index in [4.69, 9.17) is 16.3 Å². The zero-order chi connectivity index (χ0) is 34.7. The minimum Gasteiger partial charge on any atom is -0.432 e. The third kappa shape index (κ3) is 5.91. The van der Waals surface area contributed by atoms with Gasteiger partial charge in [-0.15, -0.1) is 0 Å². The normalized spacial score (nSPS) is 26.8. The summed E-state index contributed by atoms with van der Waals surface area (Å²) in [6, 6.07) is 20.7. The highest BCUT2D eigenvalue weighted by molar-refractivity contribution is 6.71. The highest BCUT2D eigenvalue weighted by Crippen LogP contribution is 2.60. The summed E-state index contributed by atoms with van der Waals surface area (Å²) in [4.78, 5) is 58.7. The number of halogens is 1. The number of benzene rings is 3. The molecular formula is C38H44ClN3O6Si. The quantitative estimate of drug-likeness (QED) is 0.313. The number of amides is 3. The maximum absolute atomic E-state index is 14.9. The molecule has 0 saturated carbocycles. The topological polar surface area (TPSA) is 111 Å². The molecule has 2 N–H and O–H groups in total. The summed E-state index contributed by atoms with van der Waals surface area (Å²) in [5, 5.41) is 10.7. The van der Waals surface area contributed by atoms with Gasteiger partial charge in [-0.05, 0) is 79.4 Å². The molecule has 3 aromatic rings. The lowest BCUT2D eigenvalue weighted by Gasteiger charge is -2.37. The second-order valence-corrected chi connectivity index (χ2v) is 19.0. The number of piperidine rings is 1. The Morgan fingerprint density at radius 1 is 1.04 bits per heavy atom. The molecule has 0 unspecified atom stereocenters. The highest BCUT2D eigenvalue weighted by atomic mass is 35.5. The van der Waals surface area contributed by atoms with Crippen LogP contribution in [0.2, 0.25) is 23.7 Å². The molecule has 1 spiro atoms. The average Bonchev–Trinajstić information content (AvgIpc) is 3.50. The lowest BCUT2D eigenvalue weighted by molar-refractivity contribution is -0.151. The molecule has 0 aromatic heterocycles. The van der Waals surface area contributed by atoms with Crippen LogP contribution in [0.15, 0.2) is 66.7 Å². The number of carbonyl (C=O) groups is 3. The van der Waals surface area contributed by atoms with E-state index in [1.165, 1.54) is 0 Å². The fourth-order valence-electron chi connectivity index (χ4n) is 8.82. The summed E-state index contributed by atoms with van der Waals surface area (Å²) < 4.78 is 6.92. The highest BCUT2D eigenvalue weighted by Gasteiger charge is 2.66. The maximum Gasteiger partial charge on any atom is 0.264 e. The van der Waals surface area contributed by atoms with Crippen molar-refractivity contribution in [2.24, 2.45) is 5.92 Å². The number of aliphatic hydroxyl groups is 1. The van der Waals surface area contributed by atoms with Gasteiger partial charge in [0.2, 0.25) is 11.8 Å². The first-order valence-corrected chi connectivity index (χ1v) is 20.7. The summed E-state index contributed by atoms with van der Waals surface area (Å²) in [6.45, 7) is 6.76. The van der Waals surface area contributed by atoms with Crippen molar-refractivity contribution < 1.29 is 29.0 Å². The fourth-order valence-corrected chi connectivity index (χ4v) is 11.5. The van der Waals surface area contributed by atoms with Crippen molar-refractivity contribution in [2.45, 2.75) is 88.5 Å². The number of anilines is 2. The smallest absolute Gasteiger partial charge is 0.264 e. The molecule has 3 aromatic carbocycles. The molecule has 9 nitrogen and oxygen atoms in total. The van der Waals surface area contributed by atoms with Crippen molar-refractivity contribution in [2.75, 3.05) is 23.0 Å². The number of ether oxygens (including phenoxy) is 1. The minimum absolute atomic E-state index is 0.0263. The third-order valence-corrected chi connectivity index (χ3v) is 13.8. The summed E-state index contributed by atoms with van der Waals surface area (Å²) in [5.41, 5.74) is 3.28. The van der Waals surface area contributed by atoms with Gasteiger partial charge in [-0.25, -0.2) is 0 Å². The second kappa shape index (κ2) is 13.0. The zero-order valence-corrected chi connectivity index (χ0v) is 30.0. The molecule has 4 aliphatic heterocycles. The SMILES string of the molecule is C[C@@H]1[C@@H]([Si](C)(C)O)[C@H](CC(=O)N2Cc3ccccc3C[C@H]2CO)O[C@@]12C(=O)N(Cc1cccc(N3CCCCC3=O)c1)c1ccc(Cl)cc12. The van der Waals surface area contributed by atoms with Crippen LogP contribution in [-0.4, -0.2) is 66.1 Å². The van der Waals surface area contributed by atoms with Crippen molar-refractivity contribution in [3.8, 4) is 0 Å². The first kappa shape index (κ1) is 33.9. The molecule has 0 aliphatic carbocycles. The van der Waals surface area contributed by atoms with Crippen LogP contribution in [0.1, 0.15) is 54.9 Å². The van der Waals surface area contributed by atoms with Crippen LogP contribution in [0.25, 0.3) is 0 Å². The molecule has 2 fully saturated rings. The molecule has 4 heterocycles. The first-order valence-electron chi connectivity index (χ1n) is 17.3. The molecule has 258 valence electrons. The number of rotatable bonds is 7. The number of hydrogen-bond donors (Lipinski definition) is 2. The van der Waals surface area contributed by atoms with Crippen LogP contribution in [0.5, 0.6) is 0 Å². The van der Waals surface area contributed by atoms with Crippen LogP contribution in [0.3, 0.4) is 0 Å². The Morgan fingerprint density at radius 3 is 2.55 bits per heavy atom. The van der Waals surface area contributed by atoms with E-state index in [1.807, 2.05) is 79.5 Å². The fraction of sp³-hybridized carbons (Fsp3) is 0.447. The Labute approximate surface area is 293 Å². The lowest BCUT2D eigenvalue weighted by atomic mass is 9.82. The number of aliphatic hydroxyl groups excluding tert-OH is 1. The van der Waals surface area contributed by atoms with Crippen molar-refractivity contribution in [3.63, 3.8) is 0 Å². The second-order valence-electron chi connectivity index (χ2n) is 14.6. The standard InChI is InChI=1S/C38H44ClN3O6Si/c1-24-36(49(2,3)47)33(20-35(45)41-22-27-11-5-4-10-26(27)18-30(41)23-43)48-38(24)31-19-28(39)14-15-32(31)42(37(38)46)21-25-9-8-12-29(17-25)40-16-7-6-13-34(40)44/h4-5,8-12,14-15,17,19,24,30,33,36,43,47H,6-7,13,16,18,20-23H2,1-3H3/t24-,30+,33+,36-,38+/m1/s1. The molecule has 11 heteroatoms. The van der Waals surface area contributed by atoms with E-state index in [0.29, 0.717) is 42.2 Å². The van der Waals surface area contributed by atoms with E-state index >= 15 is 0 Å². The Kier molecular flexibility index (Phi) is 8.98. The molecule has 3 amide bonds. The van der Waals surface area contributed by atoms with E-state index in [0.717, 1.165) is 35.2 Å². The van der Waals surface area contributed by atoms with Gasteiger partial charge in [0.15, 0.2) is 13.9 Å². The average molecular weight is 702 g/mol. The third-order valence-electron chi connectivity index (χ3n) is 11.1. The van der Waals surface area contributed by atoms with Gasteiger partial charge in [0.05, 0.1) is 37.4 Å². The van der Waals surface area contributed by atoms with Gasteiger partial charge < -0.3 is 29.3 Å². The van der Waals surface area contributed by atoms with Crippen LogP contribution in [0, 0.1) is 5.92 Å². The largest absolute Gasteiger partial charge is 0.432 e. The maximum atomic E-state index is 14.9. The van der Waals surface area contributed by atoms with Gasteiger partial charge in [-0.2, -0.15) is 0 Å². The van der Waals surface area contributed by atoms with Crippen LogP contribution in [-0.2, 0) is 44.2 Å². The van der Waals surface area contributed by atoms with Crippen LogP contribution in [0.4, 0.5) is 11.4 Å². The summed E-state index contributed by atoms with van der Waals surface area (Å²) >= 11 is 6.58. The van der Waals surface area contributed by atoms with Crippen LogP contribution < -0.4 is 9.80 Å². The first-order chi connectivity index (χ1) is 23.4. The molecule has 7 rings (SSSR count). The van der Waals surface area contributed by atoms with Gasteiger partial charge in [0.1, 0.15) is 0 Å². The van der Waals surface area contributed by atoms with Crippen molar-refractivity contribution >= 4 is 49.0 Å². The Balaban J connectivity index is 1.21. The summed E-state index contributed by atoms with van der Waals surface area (Å²) in [6.07, 6.45) is 2.18. The zero-order valence-electron chi connectivity index (χ0n) is 28.3. The molecule has 0 radical (unpaired) electrons. The molecular weight excluding hydrogens is 658 g/mol. The Hall–Kier alpha value is -3.54. The number of nitrogens with zero attached hydrogens (tertiary/aromatic N) is 3. The van der Waals surface area contributed by atoms with Crippen molar-refractivity contribution in [3.05, 3.63) is 94.0 Å². The van der Waals surface area contributed by atoms with E-state index in [1.54, 1.807) is 21.9 Å². The molecule has 4 aliphatic rings. The minimum atomic E-state index is -3.02. The predicted octanol–water partition coefficient (Wildman–Crippen LogP) is 5.54. The van der Waals surface area contributed by atoms with E-state index in [2.05, 4.69) is 0 Å². The van der Waals surface area contributed by atoms with E-state index < -0.39 is 31.5 Å².